The van der Waals surface area contributed by atoms with Crippen LogP contribution in [-0.4, -0.2) is 61.6 Å². The fourth-order valence-electron chi connectivity index (χ4n) is 2.86. The highest BCUT2D eigenvalue weighted by molar-refractivity contribution is 7.89. The third kappa shape index (κ3) is 4.57. The molecule has 1 aromatic rings. The number of rotatable bonds is 5. The van der Waals surface area contributed by atoms with Crippen LogP contribution in [0.4, 0.5) is 0 Å². The number of sulfonamides is 1. The average Bonchev–Trinajstić information content (AvgIpc) is 2.54. The average molecular weight is 355 g/mol. The fourth-order valence-corrected chi connectivity index (χ4v) is 4.28. The van der Waals surface area contributed by atoms with Gasteiger partial charge in [-0.25, -0.2) is 8.42 Å². The van der Waals surface area contributed by atoms with Crippen LogP contribution in [-0.2, 0) is 15.4 Å². The van der Waals surface area contributed by atoms with Crippen LogP contribution in [0.1, 0.15) is 39.7 Å². The monoisotopic (exact) mass is 354 g/mol. The van der Waals surface area contributed by atoms with Gasteiger partial charge in [0.05, 0.1) is 11.0 Å². The summed E-state index contributed by atoms with van der Waals surface area (Å²) in [6, 6.07) is 7.23. The molecule has 1 aromatic carbocycles. The molecule has 136 valence electrons. The SMILES string of the molecule is CCC(O)CN1CCN(S(=O)(=O)c2ccc(C(C)(C)C)cc2)CC1. The predicted octanol–water partition coefficient (Wildman–Crippen LogP) is 2.06. The molecule has 1 aliphatic heterocycles. The molecule has 24 heavy (non-hydrogen) atoms. The molecule has 0 bridgehead atoms. The molecule has 5 nitrogen and oxygen atoms in total. The van der Waals surface area contributed by atoms with Crippen LogP contribution in [0.15, 0.2) is 29.2 Å². The molecule has 1 heterocycles. The zero-order valence-electron chi connectivity index (χ0n) is 15.2. The zero-order valence-corrected chi connectivity index (χ0v) is 16.0. The Kier molecular flexibility index (Phi) is 6.07. The summed E-state index contributed by atoms with van der Waals surface area (Å²) >= 11 is 0. The number of hydrogen-bond donors (Lipinski definition) is 1. The summed E-state index contributed by atoms with van der Waals surface area (Å²) in [5.41, 5.74) is 1.13. The van der Waals surface area contributed by atoms with Gasteiger partial charge in [-0.2, -0.15) is 4.31 Å². The van der Waals surface area contributed by atoms with E-state index < -0.39 is 10.0 Å². The maximum absolute atomic E-state index is 12.8. The molecule has 0 radical (unpaired) electrons. The Bertz CT molecular complexity index is 627. The Morgan fingerprint density at radius 1 is 1.08 bits per heavy atom. The summed E-state index contributed by atoms with van der Waals surface area (Å²) in [4.78, 5) is 2.49. The normalized spacial score (nSPS) is 19.4. The molecule has 1 fully saturated rings. The lowest BCUT2D eigenvalue weighted by atomic mass is 9.87. The lowest BCUT2D eigenvalue weighted by Crippen LogP contribution is -2.50. The Labute approximate surface area is 146 Å². The second kappa shape index (κ2) is 7.52. The Hall–Kier alpha value is -0.950. The first-order valence-corrected chi connectivity index (χ1v) is 10.1. The van der Waals surface area contributed by atoms with Gasteiger partial charge in [0.2, 0.25) is 10.0 Å². The topological polar surface area (TPSA) is 60.9 Å². The minimum atomic E-state index is -3.44. The van der Waals surface area contributed by atoms with Crippen LogP contribution in [0.25, 0.3) is 0 Å². The van der Waals surface area contributed by atoms with Crippen molar-refractivity contribution in [1.29, 1.82) is 0 Å². The minimum Gasteiger partial charge on any atom is -0.392 e. The summed E-state index contributed by atoms with van der Waals surface area (Å²) in [6.45, 7) is 11.2. The van der Waals surface area contributed by atoms with Gasteiger partial charge in [-0.05, 0) is 29.5 Å². The Morgan fingerprint density at radius 2 is 1.62 bits per heavy atom. The molecule has 0 spiro atoms. The van der Waals surface area contributed by atoms with Gasteiger partial charge in [-0.15, -0.1) is 0 Å². The third-order valence-corrected chi connectivity index (χ3v) is 6.54. The maximum Gasteiger partial charge on any atom is 0.243 e. The first kappa shape index (κ1) is 19.4. The molecule has 0 saturated carbocycles. The number of piperazine rings is 1. The number of benzene rings is 1. The third-order valence-electron chi connectivity index (χ3n) is 4.63. The highest BCUT2D eigenvalue weighted by Gasteiger charge is 2.29. The Morgan fingerprint density at radius 3 is 2.08 bits per heavy atom. The van der Waals surface area contributed by atoms with Gasteiger partial charge in [-0.1, -0.05) is 39.8 Å². The minimum absolute atomic E-state index is 0.00797. The number of aliphatic hydroxyl groups excluding tert-OH is 1. The van der Waals surface area contributed by atoms with Gasteiger partial charge in [-0.3, -0.25) is 4.90 Å². The quantitative estimate of drug-likeness (QED) is 0.879. The largest absolute Gasteiger partial charge is 0.392 e. The zero-order chi connectivity index (χ0) is 18.0. The van der Waals surface area contributed by atoms with Gasteiger partial charge < -0.3 is 5.11 Å². The highest BCUT2D eigenvalue weighted by Crippen LogP contribution is 2.25. The smallest absolute Gasteiger partial charge is 0.243 e. The molecule has 1 aliphatic rings. The van der Waals surface area contributed by atoms with Crippen LogP contribution in [0.5, 0.6) is 0 Å². The molecular formula is C18H30N2O3S. The van der Waals surface area contributed by atoms with Crippen molar-refractivity contribution in [3.63, 3.8) is 0 Å². The van der Waals surface area contributed by atoms with E-state index in [2.05, 4.69) is 25.7 Å². The number of β-amino-alcohol motifs (C(OH)–C–C–N with tert-alkyl or cyclic N) is 1. The van der Waals surface area contributed by atoms with Crippen LogP contribution in [0.3, 0.4) is 0 Å². The van der Waals surface area contributed by atoms with Crippen molar-refractivity contribution in [1.82, 2.24) is 9.21 Å². The van der Waals surface area contributed by atoms with Crippen molar-refractivity contribution >= 4 is 10.0 Å². The van der Waals surface area contributed by atoms with Crippen molar-refractivity contribution < 1.29 is 13.5 Å². The van der Waals surface area contributed by atoms with Crippen LogP contribution in [0, 0.1) is 0 Å². The predicted molar refractivity (Wildman–Crippen MR) is 96.6 cm³/mol. The van der Waals surface area contributed by atoms with Crippen LogP contribution < -0.4 is 0 Å². The van der Waals surface area contributed by atoms with Crippen molar-refractivity contribution in [2.24, 2.45) is 0 Å². The van der Waals surface area contributed by atoms with Gasteiger partial charge in [0.1, 0.15) is 0 Å². The van der Waals surface area contributed by atoms with Gasteiger partial charge >= 0.3 is 0 Å². The van der Waals surface area contributed by atoms with E-state index in [1.807, 2.05) is 19.1 Å². The number of nitrogens with zero attached hydrogens (tertiary/aromatic N) is 2. The van der Waals surface area contributed by atoms with E-state index in [0.717, 1.165) is 12.0 Å². The Balaban J connectivity index is 2.04. The summed E-state index contributed by atoms with van der Waals surface area (Å²) in [5.74, 6) is 0. The standard InChI is InChI=1S/C18H30N2O3S/c1-5-16(21)14-19-10-12-20(13-11-19)24(22,23)17-8-6-15(7-9-17)18(2,3)4/h6-9,16,21H,5,10-14H2,1-4H3. The second-order valence-corrected chi connectivity index (χ2v) is 9.48. The van der Waals surface area contributed by atoms with Crippen molar-refractivity contribution in [2.75, 3.05) is 32.7 Å². The summed E-state index contributed by atoms with van der Waals surface area (Å²) < 4.78 is 27.1. The first-order chi connectivity index (χ1) is 11.1. The molecule has 2 rings (SSSR count). The summed E-state index contributed by atoms with van der Waals surface area (Å²) in [7, 11) is -3.44. The lowest BCUT2D eigenvalue weighted by molar-refractivity contribution is 0.0896. The van der Waals surface area contributed by atoms with E-state index in [1.165, 1.54) is 0 Å². The maximum atomic E-state index is 12.8. The van der Waals surface area contributed by atoms with Gasteiger partial charge in [0.25, 0.3) is 0 Å². The van der Waals surface area contributed by atoms with Crippen molar-refractivity contribution in [3.05, 3.63) is 29.8 Å². The van der Waals surface area contributed by atoms with Gasteiger partial charge in [0, 0.05) is 32.7 Å². The van der Waals surface area contributed by atoms with Crippen molar-refractivity contribution in [3.8, 4) is 0 Å². The number of hydrogen-bond acceptors (Lipinski definition) is 4. The van der Waals surface area contributed by atoms with Crippen molar-refractivity contribution in [2.45, 2.75) is 50.5 Å². The van der Waals surface area contributed by atoms with E-state index in [1.54, 1.807) is 16.4 Å². The lowest BCUT2D eigenvalue weighted by Gasteiger charge is -2.34. The summed E-state index contributed by atoms with van der Waals surface area (Å²) in [6.07, 6.45) is 0.386. The molecule has 1 unspecified atom stereocenters. The van der Waals surface area contributed by atoms with E-state index in [0.29, 0.717) is 37.6 Å². The molecule has 0 aromatic heterocycles. The molecule has 6 heteroatoms. The van der Waals surface area contributed by atoms with E-state index in [4.69, 9.17) is 0 Å². The van der Waals surface area contributed by atoms with E-state index in [-0.39, 0.29) is 11.5 Å². The van der Waals surface area contributed by atoms with E-state index in [9.17, 15) is 13.5 Å². The summed E-state index contributed by atoms with van der Waals surface area (Å²) in [5, 5.41) is 9.73. The van der Waals surface area contributed by atoms with Crippen LogP contribution >= 0.6 is 0 Å². The first-order valence-electron chi connectivity index (χ1n) is 8.65. The van der Waals surface area contributed by atoms with Gasteiger partial charge in [0.15, 0.2) is 0 Å². The molecule has 1 atom stereocenters. The van der Waals surface area contributed by atoms with Crippen LogP contribution in [0.2, 0.25) is 0 Å². The second-order valence-electron chi connectivity index (χ2n) is 7.54. The molecule has 1 N–H and O–H groups in total. The molecule has 0 amide bonds. The fraction of sp³-hybridized carbons (Fsp3) is 0.667. The van der Waals surface area contributed by atoms with E-state index >= 15 is 0 Å². The number of aliphatic hydroxyl groups is 1. The highest BCUT2D eigenvalue weighted by atomic mass is 32.2. The molecule has 0 aliphatic carbocycles. The molecule has 1 saturated heterocycles. The molecular weight excluding hydrogens is 324 g/mol.